The van der Waals surface area contributed by atoms with Crippen LogP contribution in [0.3, 0.4) is 0 Å². The maximum atomic E-state index is 13.9. The number of likely N-dealkylation sites (tertiary alicyclic amines) is 1. The van der Waals surface area contributed by atoms with E-state index >= 15 is 0 Å². The first kappa shape index (κ1) is 22.2. The Bertz CT molecular complexity index is 946. The molecule has 0 aromatic heterocycles. The number of halogens is 3. The standard InChI is InChI=1S/C22H23ClF2N2O3/c1-13(22(29)26-19-11-15(23)3-6-20(19)30-2)27-9-7-14(8-10-27)21(28)17-12-16(24)4-5-18(17)25/h3-6,11-14H,7-10H2,1-2H3,(H,26,29). The fraction of sp³-hybridized carbons (Fsp3) is 0.364. The summed E-state index contributed by atoms with van der Waals surface area (Å²) in [7, 11) is 1.51. The zero-order chi connectivity index (χ0) is 21.8. The van der Waals surface area contributed by atoms with Gasteiger partial charge in [0.1, 0.15) is 17.4 Å². The second-order valence-corrected chi connectivity index (χ2v) is 7.74. The molecule has 30 heavy (non-hydrogen) atoms. The van der Waals surface area contributed by atoms with Gasteiger partial charge in [-0.1, -0.05) is 11.6 Å². The number of hydrogen-bond donors (Lipinski definition) is 1. The lowest BCUT2D eigenvalue weighted by Crippen LogP contribution is -2.47. The number of Topliss-reactive ketones (excluding diaryl/α,β-unsaturated/α-hetero) is 1. The Labute approximate surface area is 179 Å². The summed E-state index contributed by atoms with van der Waals surface area (Å²) in [6.45, 7) is 2.77. The predicted molar refractivity (Wildman–Crippen MR) is 111 cm³/mol. The number of rotatable bonds is 6. The molecule has 1 atom stereocenters. The summed E-state index contributed by atoms with van der Waals surface area (Å²) in [5.74, 6) is -1.88. The first-order chi connectivity index (χ1) is 14.3. The number of methoxy groups -OCH3 is 1. The van der Waals surface area contributed by atoms with Gasteiger partial charge in [-0.15, -0.1) is 0 Å². The van der Waals surface area contributed by atoms with Crippen LogP contribution in [0.1, 0.15) is 30.1 Å². The summed E-state index contributed by atoms with van der Waals surface area (Å²) in [6.07, 6.45) is 0.930. The minimum atomic E-state index is -0.716. The van der Waals surface area contributed by atoms with Crippen molar-refractivity contribution in [3.8, 4) is 5.75 Å². The van der Waals surface area contributed by atoms with Crippen molar-refractivity contribution in [2.24, 2.45) is 5.92 Å². The smallest absolute Gasteiger partial charge is 0.241 e. The normalized spacial score (nSPS) is 16.2. The van der Waals surface area contributed by atoms with Gasteiger partial charge in [0, 0.05) is 10.9 Å². The first-order valence-corrected chi connectivity index (χ1v) is 10.1. The van der Waals surface area contributed by atoms with Gasteiger partial charge in [0.15, 0.2) is 5.78 Å². The molecule has 2 aromatic carbocycles. The van der Waals surface area contributed by atoms with E-state index in [4.69, 9.17) is 16.3 Å². The van der Waals surface area contributed by atoms with Crippen molar-refractivity contribution < 1.29 is 23.1 Å². The lowest BCUT2D eigenvalue weighted by Gasteiger charge is -2.34. The highest BCUT2D eigenvalue weighted by atomic mass is 35.5. The summed E-state index contributed by atoms with van der Waals surface area (Å²) < 4.78 is 32.6. The Morgan fingerprint density at radius 3 is 2.53 bits per heavy atom. The molecule has 0 radical (unpaired) electrons. The van der Waals surface area contributed by atoms with Crippen molar-refractivity contribution >= 4 is 29.0 Å². The molecule has 1 aliphatic heterocycles. The van der Waals surface area contributed by atoms with Crippen molar-refractivity contribution in [2.75, 3.05) is 25.5 Å². The molecule has 1 saturated heterocycles. The first-order valence-electron chi connectivity index (χ1n) is 9.68. The molecule has 0 bridgehead atoms. The number of carbonyl (C=O) groups excluding carboxylic acids is 2. The number of piperidine rings is 1. The third kappa shape index (κ3) is 4.96. The highest BCUT2D eigenvalue weighted by Gasteiger charge is 2.31. The molecule has 5 nitrogen and oxygen atoms in total. The molecule has 8 heteroatoms. The van der Waals surface area contributed by atoms with E-state index in [-0.39, 0.29) is 11.5 Å². The highest BCUT2D eigenvalue weighted by Crippen LogP contribution is 2.29. The monoisotopic (exact) mass is 436 g/mol. The quantitative estimate of drug-likeness (QED) is 0.675. The van der Waals surface area contributed by atoms with E-state index in [0.717, 1.165) is 18.2 Å². The summed E-state index contributed by atoms with van der Waals surface area (Å²) >= 11 is 6.00. The van der Waals surface area contributed by atoms with Gasteiger partial charge in [0.05, 0.1) is 24.4 Å². The van der Waals surface area contributed by atoms with Gasteiger partial charge >= 0.3 is 0 Å². The molecule has 1 unspecified atom stereocenters. The molecule has 1 N–H and O–H groups in total. The topological polar surface area (TPSA) is 58.6 Å². The minimum absolute atomic E-state index is 0.215. The molecular formula is C22H23ClF2N2O3. The Hall–Kier alpha value is -2.51. The molecule has 1 heterocycles. The summed E-state index contributed by atoms with van der Waals surface area (Å²) in [5.41, 5.74) is 0.265. The van der Waals surface area contributed by atoms with Gasteiger partial charge in [-0.25, -0.2) is 8.78 Å². The number of hydrogen-bond acceptors (Lipinski definition) is 4. The van der Waals surface area contributed by atoms with Crippen LogP contribution >= 0.6 is 11.6 Å². The van der Waals surface area contributed by atoms with Crippen LogP contribution in [0.2, 0.25) is 5.02 Å². The predicted octanol–water partition coefficient (Wildman–Crippen LogP) is 4.55. The van der Waals surface area contributed by atoms with Crippen LogP contribution in [-0.2, 0) is 4.79 Å². The average Bonchev–Trinajstić information content (AvgIpc) is 2.74. The fourth-order valence-corrected chi connectivity index (χ4v) is 3.81. The number of amides is 1. The number of benzene rings is 2. The minimum Gasteiger partial charge on any atom is -0.495 e. The zero-order valence-electron chi connectivity index (χ0n) is 16.8. The van der Waals surface area contributed by atoms with Gasteiger partial charge in [-0.3, -0.25) is 14.5 Å². The molecule has 160 valence electrons. The van der Waals surface area contributed by atoms with E-state index in [9.17, 15) is 18.4 Å². The Morgan fingerprint density at radius 2 is 1.87 bits per heavy atom. The maximum absolute atomic E-state index is 13.9. The van der Waals surface area contributed by atoms with Crippen molar-refractivity contribution in [3.63, 3.8) is 0 Å². The molecule has 0 saturated carbocycles. The van der Waals surface area contributed by atoms with Gasteiger partial charge in [-0.05, 0) is 69.3 Å². The second kappa shape index (κ2) is 9.53. The molecule has 1 fully saturated rings. The van der Waals surface area contributed by atoms with Gasteiger partial charge in [0.25, 0.3) is 0 Å². The summed E-state index contributed by atoms with van der Waals surface area (Å²) in [6, 6.07) is 7.41. The SMILES string of the molecule is COc1ccc(Cl)cc1NC(=O)C(C)N1CCC(C(=O)c2cc(F)ccc2F)CC1. The van der Waals surface area contributed by atoms with Crippen LogP contribution in [0, 0.1) is 17.6 Å². The van der Waals surface area contributed by atoms with Crippen LogP contribution in [0.15, 0.2) is 36.4 Å². The van der Waals surface area contributed by atoms with Crippen molar-refractivity contribution in [1.82, 2.24) is 4.90 Å². The Balaban J connectivity index is 1.60. The van der Waals surface area contributed by atoms with Crippen LogP contribution in [-0.4, -0.2) is 42.8 Å². The van der Waals surface area contributed by atoms with E-state index < -0.39 is 29.4 Å². The van der Waals surface area contributed by atoms with Crippen molar-refractivity contribution in [2.45, 2.75) is 25.8 Å². The highest BCUT2D eigenvalue weighted by molar-refractivity contribution is 6.31. The van der Waals surface area contributed by atoms with E-state index in [1.54, 1.807) is 25.1 Å². The molecule has 1 amide bonds. The molecule has 2 aromatic rings. The third-order valence-electron chi connectivity index (χ3n) is 5.44. The number of ether oxygens (including phenoxy) is 1. The Kier molecular flexibility index (Phi) is 7.05. The van der Waals surface area contributed by atoms with E-state index in [2.05, 4.69) is 5.32 Å². The lowest BCUT2D eigenvalue weighted by atomic mass is 9.88. The summed E-state index contributed by atoms with van der Waals surface area (Å²) in [4.78, 5) is 27.3. The van der Waals surface area contributed by atoms with E-state index in [1.807, 2.05) is 4.90 Å². The molecule has 0 aliphatic carbocycles. The van der Waals surface area contributed by atoms with Gasteiger partial charge < -0.3 is 10.1 Å². The molecule has 0 spiro atoms. The maximum Gasteiger partial charge on any atom is 0.241 e. The second-order valence-electron chi connectivity index (χ2n) is 7.31. The van der Waals surface area contributed by atoms with E-state index in [1.165, 1.54) is 7.11 Å². The average molecular weight is 437 g/mol. The molecule has 3 rings (SSSR count). The summed E-state index contributed by atoms with van der Waals surface area (Å²) in [5, 5.41) is 3.30. The van der Waals surface area contributed by atoms with Crippen molar-refractivity contribution in [1.29, 1.82) is 0 Å². The van der Waals surface area contributed by atoms with Gasteiger partial charge in [-0.2, -0.15) is 0 Å². The number of nitrogens with one attached hydrogen (secondary N) is 1. The third-order valence-corrected chi connectivity index (χ3v) is 5.68. The van der Waals surface area contributed by atoms with E-state index in [0.29, 0.717) is 42.4 Å². The number of nitrogens with zero attached hydrogens (tertiary/aromatic N) is 1. The van der Waals surface area contributed by atoms with Crippen LogP contribution < -0.4 is 10.1 Å². The number of anilines is 1. The number of carbonyl (C=O) groups is 2. The van der Waals surface area contributed by atoms with Crippen LogP contribution in [0.5, 0.6) is 5.75 Å². The van der Waals surface area contributed by atoms with Crippen LogP contribution in [0.4, 0.5) is 14.5 Å². The van der Waals surface area contributed by atoms with Gasteiger partial charge in [0.2, 0.25) is 5.91 Å². The Morgan fingerprint density at radius 1 is 1.17 bits per heavy atom. The fourth-order valence-electron chi connectivity index (χ4n) is 3.64. The number of ketones is 1. The van der Waals surface area contributed by atoms with Crippen molar-refractivity contribution in [3.05, 3.63) is 58.6 Å². The molecular weight excluding hydrogens is 414 g/mol. The lowest BCUT2D eigenvalue weighted by molar-refractivity contribution is -0.121. The largest absolute Gasteiger partial charge is 0.495 e. The zero-order valence-corrected chi connectivity index (χ0v) is 17.5. The molecule has 1 aliphatic rings. The van der Waals surface area contributed by atoms with Crippen LogP contribution in [0.25, 0.3) is 0 Å².